The van der Waals surface area contributed by atoms with E-state index in [9.17, 15) is 4.79 Å². The van der Waals surface area contributed by atoms with Crippen LogP contribution in [0.4, 0.5) is 0 Å². The molecule has 1 rings (SSSR count). The number of ether oxygens (including phenoxy) is 1. The lowest BCUT2D eigenvalue weighted by atomic mass is 10.1. The highest BCUT2D eigenvalue weighted by molar-refractivity contribution is 9.10. The van der Waals surface area contributed by atoms with E-state index in [0.29, 0.717) is 12.3 Å². The molecule has 0 heterocycles. The highest BCUT2D eigenvalue weighted by Crippen LogP contribution is 2.27. The van der Waals surface area contributed by atoms with Crippen molar-refractivity contribution in [1.29, 1.82) is 0 Å². The maximum absolute atomic E-state index is 11.7. The van der Waals surface area contributed by atoms with E-state index >= 15 is 0 Å². The zero-order valence-electron chi connectivity index (χ0n) is 10.9. The number of hydrogen-bond donors (Lipinski definition) is 1. The van der Waals surface area contributed by atoms with Crippen LogP contribution in [-0.4, -0.2) is 31.0 Å². The fraction of sp³-hybridized carbons (Fsp3) is 0.462. The van der Waals surface area contributed by atoms with E-state index in [1.54, 1.807) is 11.9 Å². The average Bonchev–Trinajstić information content (AvgIpc) is 2.34. The number of nitrogens with two attached hydrogens (primary N) is 1. The lowest BCUT2D eigenvalue weighted by Gasteiger charge is -2.17. The molecule has 0 fully saturated rings. The number of likely N-dealkylation sites (N-methyl/N-ethyl adjacent to an activating group) is 1. The Morgan fingerprint density at radius 1 is 1.56 bits per heavy atom. The quantitative estimate of drug-likeness (QED) is 0.907. The number of benzene rings is 1. The van der Waals surface area contributed by atoms with E-state index in [1.807, 2.05) is 32.0 Å². The van der Waals surface area contributed by atoms with E-state index in [4.69, 9.17) is 10.5 Å². The first kappa shape index (κ1) is 15.0. The first-order chi connectivity index (χ1) is 8.45. The maximum Gasteiger partial charge on any atom is 0.260 e. The van der Waals surface area contributed by atoms with Crippen LogP contribution in [0.3, 0.4) is 0 Å². The van der Waals surface area contributed by atoms with Gasteiger partial charge in [-0.05, 0) is 26.0 Å². The van der Waals surface area contributed by atoms with Crippen molar-refractivity contribution in [3.8, 4) is 5.75 Å². The SMILES string of the molecule is CCN(C)C(=O)COc1cc(Br)ccc1[C@H](C)N. The van der Waals surface area contributed by atoms with Crippen LogP contribution >= 0.6 is 15.9 Å². The minimum absolute atomic E-state index is 0.0283. The van der Waals surface area contributed by atoms with E-state index in [2.05, 4.69) is 15.9 Å². The molecular weight excluding hydrogens is 296 g/mol. The van der Waals surface area contributed by atoms with Crippen molar-refractivity contribution in [2.75, 3.05) is 20.2 Å². The van der Waals surface area contributed by atoms with Crippen molar-refractivity contribution < 1.29 is 9.53 Å². The van der Waals surface area contributed by atoms with Gasteiger partial charge in [-0.15, -0.1) is 0 Å². The highest BCUT2D eigenvalue weighted by Gasteiger charge is 2.12. The normalized spacial score (nSPS) is 12.1. The molecule has 0 aliphatic carbocycles. The van der Waals surface area contributed by atoms with Gasteiger partial charge in [-0.3, -0.25) is 4.79 Å². The van der Waals surface area contributed by atoms with Crippen molar-refractivity contribution >= 4 is 21.8 Å². The number of nitrogens with zero attached hydrogens (tertiary/aromatic N) is 1. The van der Waals surface area contributed by atoms with Gasteiger partial charge >= 0.3 is 0 Å². The first-order valence-electron chi connectivity index (χ1n) is 5.87. The van der Waals surface area contributed by atoms with Crippen molar-refractivity contribution in [2.24, 2.45) is 5.73 Å². The van der Waals surface area contributed by atoms with Crippen LogP contribution in [0.2, 0.25) is 0 Å². The Labute approximate surface area is 116 Å². The van der Waals surface area contributed by atoms with Gasteiger partial charge in [0.25, 0.3) is 5.91 Å². The summed E-state index contributed by atoms with van der Waals surface area (Å²) in [5.74, 6) is 0.602. The third kappa shape index (κ3) is 3.99. The van der Waals surface area contributed by atoms with Crippen LogP contribution in [0.15, 0.2) is 22.7 Å². The third-order valence-corrected chi connectivity index (χ3v) is 3.21. The van der Waals surface area contributed by atoms with Gasteiger partial charge in [-0.1, -0.05) is 22.0 Å². The number of carbonyl (C=O) groups is 1. The first-order valence-corrected chi connectivity index (χ1v) is 6.66. The monoisotopic (exact) mass is 314 g/mol. The molecule has 0 bridgehead atoms. The number of halogens is 1. The van der Waals surface area contributed by atoms with Gasteiger partial charge in [0.15, 0.2) is 6.61 Å². The molecule has 0 spiro atoms. The second-order valence-corrected chi connectivity index (χ2v) is 5.08. The van der Waals surface area contributed by atoms with Gasteiger partial charge in [0.05, 0.1) is 0 Å². The topological polar surface area (TPSA) is 55.6 Å². The Morgan fingerprint density at radius 3 is 2.78 bits per heavy atom. The molecule has 0 saturated carbocycles. The zero-order valence-corrected chi connectivity index (χ0v) is 12.5. The Hall–Kier alpha value is -1.07. The molecule has 4 nitrogen and oxygen atoms in total. The summed E-state index contributed by atoms with van der Waals surface area (Å²) in [4.78, 5) is 13.3. The molecular formula is C13H19BrN2O2. The minimum Gasteiger partial charge on any atom is -0.483 e. The molecule has 1 aromatic rings. The summed E-state index contributed by atoms with van der Waals surface area (Å²) < 4.78 is 6.46. The van der Waals surface area contributed by atoms with Gasteiger partial charge in [0, 0.05) is 29.7 Å². The fourth-order valence-corrected chi connectivity index (χ4v) is 1.78. The van der Waals surface area contributed by atoms with Crippen LogP contribution in [0, 0.1) is 0 Å². The summed E-state index contributed by atoms with van der Waals surface area (Å²) in [6.45, 7) is 4.50. The Morgan fingerprint density at radius 2 is 2.22 bits per heavy atom. The Balaban J connectivity index is 2.77. The number of carbonyl (C=O) groups excluding carboxylic acids is 1. The number of amides is 1. The summed E-state index contributed by atoms with van der Waals surface area (Å²) in [6, 6.07) is 5.51. The predicted molar refractivity (Wildman–Crippen MR) is 75.6 cm³/mol. The second kappa shape index (κ2) is 6.75. The van der Waals surface area contributed by atoms with Crippen LogP contribution in [0.5, 0.6) is 5.75 Å². The molecule has 18 heavy (non-hydrogen) atoms. The van der Waals surface area contributed by atoms with Gasteiger partial charge in [-0.25, -0.2) is 0 Å². The number of hydrogen-bond acceptors (Lipinski definition) is 3. The van der Waals surface area contributed by atoms with Crippen LogP contribution in [-0.2, 0) is 4.79 Å². The highest BCUT2D eigenvalue weighted by atomic mass is 79.9. The van der Waals surface area contributed by atoms with Gasteiger partial charge in [0.2, 0.25) is 0 Å². The Bertz CT molecular complexity index is 421. The van der Waals surface area contributed by atoms with Crippen LogP contribution in [0.25, 0.3) is 0 Å². The summed E-state index contributed by atoms with van der Waals surface area (Å²) in [6.07, 6.45) is 0. The summed E-state index contributed by atoms with van der Waals surface area (Å²) in [5, 5.41) is 0. The standard InChI is InChI=1S/C13H19BrN2O2/c1-4-16(3)13(17)8-18-12-7-10(14)5-6-11(12)9(2)15/h5-7,9H,4,8,15H2,1-3H3/t9-/m0/s1. The molecule has 0 saturated heterocycles. The molecule has 0 aromatic heterocycles. The van der Waals surface area contributed by atoms with Crippen LogP contribution < -0.4 is 10.5 Å². The summed E-state index contributed by atoms with van der Waals surface area (Å²) >= 11 is 3.38. The summed E-state index contributed by atoms with van der Waals surface area (Å²) in [5.41, 5.74) is 6.76. The lowest BCUT2D eigenvalue weighted by Crippen LogP contribution is -2.31. The van der Waals surface area contributed by atoms with E-state index in [-0.39, 0.29) is 18.6 Å². The number of rotatable bonds is 5. The van der Waals surface area contributed by atoms with Crippen LogP contribution in [0.1, 0.15) is 25.5 Å². The third-order valence-electron chi connectivity index (χ3n) is 2.72. The minimum atomic E-state index is -0.132. The molecule has 2 N–H and O–H groups in total. The van der Waals surface area contributed by atoms with Crippen molar-refractivity contribution in [3.63, 3.8) is 0 Å². The zero-order chi connectivity index (χ0) is 13.7. The van der Waals surface area contributed by atoms with Gasteiger partial charge in [-0.2, -0.15) is 0 Å². The second-order valence-electron chi connectivity index (χ2n) is 4.17. The van der Waals surface area contributed by atoms with Gasteiger partial charge in [0.1, 0.15) is 5.75 Å². The summed E-state index contributed by atoms with van der Waals surface area (Å²) in [7, 11) is 1.75. The predicted octanol–water partition coefficient (Wildman–Crippen LogP) is 2.33. The van der Waals surface area contributed by atoms with Crippen molar-refractivity contribution in [3.05, 3.63) is 28.2 Å². The van der Waals surface area contributed by atoms with E-state index in [0.717, 1.165) is 10.0 Å². The van der Waals surface area contributed by atoms with E-state index < -0.39 is 0 Å². The molecule has 0 unspecified atom stereocenters. The molecule has 100 valence electrons. The van der Waals surface area contributed by atoms with Crippen molar-refractivity contribution in [1.82, 2.24) is 4.90 Å². The smallest absolute Gasteiger partial charge is 0.260 e. The molecule has 0 aliphatic rings. The van der Waals surface area contributed by atoms with Crippen molar-refractivity contribution in [2.45, 2.75) is 19.9 Å². The molecule has 0 aliphatic heterocycles. The fourth-order valence-electron chi connectivity index (χ4n) is 1.44. The maximum atomic E-state index is 11.7. The molecule has 1 atom stereocenters. The molecule has 0 radical (unpaired) electrons. The molecule has 5 heteroatoms. The van der Waals surface area contributed by atoms with Gasteiger partial charge < -0.3 is 15.4 Å². The average molecular weight is 315 g/mol. The molecule has 1 amide bonds. The van der Waals surface area contributed by atoms with E-state index in [1.165, 1.54) is 0 Å². The lowest BCUT2D eigenvalue weighted by molar-refractivity contribution is -0.131. The molecule has 1 aromatic carbocycles. The Kier molecular flexibility index (Phi) is 5.62. The largest absolute Gasteiger partial charge is 0.483 e.